The van der Waals surface area contributed by atoms with Crippen molar-refractivity contribution in [1.82, 2.24) is 15.5 Å². The summed E-state index contributed by atoms with van der Waals surface area (Å²) in [7, 11) is 2.91. The van der Waals surface area contributed by atoms with Crippen LogP contribution in [0.1, 0.15) is 11.6 Å². The number of hydrogen-bond acceptors (Lipinski definition) is 6. The number of hydrogen-bond donors (Lipinski definition) is 2. The number of amides is 2. The van der Waals surface area contributed by atoms with Gasteiger partial charge in [0.05, 0.1) is 25.8 Å². The number of methoxy groups -OCH3 is 2. The predicted molar refractivity (Wildman–Crippen MR) is 121 cm³/mol. The van der Waals surface area contributed by atoms with Gasteiger partial charge in [0, 0.05) is 44.1 Å². The van der Waals surface area contributed by atoms with Crippen molar-refractivity contribution >= 4 is 17.7 Å². The third kappa shape index (κ3) is 5.09. The van der Waals surface area contributed by atoms with E-state index in [1.54, 1.807) is 31.4 Å². The first kappa shape index (κ1) is 22.6. The minimum absolute atomic E-state index is 0.257. The van der Waals surface area contributed by atoms with Crippen molar-refractivity contribution in [3.8, 4) is 5.75 Å². The lowest BCUT2D eigenvalue weighted by Gasteiger charge is -2.38. The Morgan fingerprint density at radius 1 is 1.03 bits per heavy atom. The molecule has 33 heavy (non-hydrogen) atoms. The van der Waals surface area contributed by atoms with Crippen LogP contribution >= 0.6 is 0 Å². The number of anilines is 1. The zero-order chi connectivity index (χ0) is 23.4. The van der Waals surface area contributed by atoms with Gasteiger partial charge >= 0.3 is 12.0 Å². The highest BCUT2D eigenvalue weighted by Gasteiger charge is 2.34. The van der Waals surface area contributed by atoms with Gasteiger partial charge < -0.3 is 25.0 Å². The van der Waals surface area contributed by atoms with Crippen LogP contribution in [0.4, 0.5) is 14.9 Å². The van der Waals surface area contributed by atoms with E-state index in [1.165, 1.54) is 19.2 Å². The second kappa shape index (κ2) is 9.91. The van der Waals surface area contributed by atoms with Crippen LogP contribution in [0.15, 0.2) is 59.8 Å². The van der Waals surface area contributed by atoms with Crippen LogP contribution in [0.2, 0.25) is 0 Å². The summed E-state index contributed by atoms with van der Waals surface area (Å²) in [5, 5.41) is 5.64. The van der Waals surface area contributed by atoms with Crippen molar-refractivity contribution in [2.75, 3.05) is 51.8 Å². The Bertz CT molecular complexity index is 1030. The van der Waals surface area contributed by atoms with Crippen LogP contribution < -0.4 is 20.3 Å². The number of piperazine rings is 1. The van der Waals surface area contributed by atoms with Gasteiger partial charge in [0.2, 0.25) is 0 Å². The fraction of sp³-hybridized carbons (Fsp3) is 0.333. The summed E-state index contributed by atoms with van der Waals surface area (Å²) in [4.78, 5) is 29.6. The van der Waals surface area contributed by atoms with E-state index in [-0.39, 0.29) is 11.8 Å². The summed E-state index contributed by atoms with van der Waals surface area (Å²) in [6, 6.07) is 12.7. The Balaban J connectivity index is 1.53. The maximum absolute atomic E-state index is 13.2. The molecule has 2 aromatic rings. The molecule has 1 saturated heterocycles. The number of carbonyl (C=O) groups is 2. The van der Waals surface area contributed by atoms with E-state index >= 15 is 0 Å². The number of carbonyl (C=O) groups excluding carboxylic acids is 2. The van der Waals surface area contributed by atoms with Gasteiger partial charge in [-0.15, -0.1) is 0 Å². The fourth-order valence-corrected chi connectivity index (χ4v) is 4.18. The van der Waals surface area contributed by atoms with Gasteiger partial charge in [-0.25, -0.2) is 14.0 Å². The number of nitrogens with one attached hydrogen (secondary N) is 2. The molecule has 0 aromatic heterocycles. The molecular formula is C24H27FN4O4. The molecule has 0 radical (unpaired) electrons. The maximum Gasteiger partial charge on any atom is 0.338 e. The molecule has 0 spiro atoms. The van der Waals surface area contributed by atoms with Crippen LogP contribution in [0.5, 0.6) is 5.75 Å². The Hall–Kier alpha value is -3.59. The highest BCUT2D eigenvalue weighted by Crippen LogP contribution is 2.29. The smallest absolute Gasteiger partial charge is 0.338 e. The standard InChI is InChI=1S/C24H27FN4O4/c1-32-19-9-3-16(4-10-19)22-21(23(30)33-2)20(26-24(31)27-22)15-28-11-13-29(14-12-28)18-7-5-17(25)6-8-18/h3-10,22H,11-15H2,1-2H3,(H2,26,27,31). The third-order valence-electron chi connectivity index (χ3n) is 5.95. The van der Waals surface area contributed by atoms with E-state index in [0.717, 1.165) is 37.4 Å². The maximum atomic E-state index is 13.2. The largest absolute Gasteiger partial charge is 0.497 e. The molecule has 8 nitrogen and oxygen atoms in total. The fourth-order valence-electron chi connectivity index (χ4n) is 4.18. The van der Waals surface area contributed by atoms with Gasteiger partial charge in [-0.2, -0.15) is 0 Å². The van der Waals surface area contributed by atoms with E-state index in [1.807, 2.05) is 12.1 Å². The number of nitrogens with zero attached hydrogens (tertiary/aromatic N) is 2. The first-order valence-corrected chi connectivity index (χ1v) is 10.7. The van der Waals surface area contributed by atoms with Crippen molar-refractivity contribution < 1.29 is 23.5 Å². The van der Waals surface area contributed by atoms with E-state index in [2.05, 4.69) is 20.4 Å². The van der Waals surface area contributed by atoms with Gasteiger partial charge in [0.1, 0.15) is 11.6 Å². The second-order valence-corrected chi connectivity index (χ2v) is 7.93. The van der Waals surface area contributed by atoms with Crippen molar-refractivity contribution in [2.45, 2.75) is 6.04 Å². The minimum Gasteiger partial charge on any atom is -0.497 e. The zero-order valence-corrected chi connectivity index (χ0v) is 18.6. The Morgan fingerprint density at radius 2 is 1.70 bits per heavy atom. The number of benzene rings is 2. The van der Waals surface area contributed by atoms with Crippen molar-refractivity contribution in [3.05, 3.63) is 71.2 Å². The first-order chi connectivity index (χ1) is 16.0. The van der Waals surface area contributed by atoms with Crippen molar-refractivity contribution in [2.24, 2.45) is 0 Å². The molecule has 174 valence electrons. The van der Waals surface area contributed by atoms with Gasteiger partial charge in [0.15, 0.2) is 0 Å². The predicted octanol–water partition coefficient (Wildman–Crippen LogP) is 2.44. The molecule has 9 heteroatoms. The molecule has 0 bridgehead atoms. The van der Waals surface area contributed by atoms with Crippen molar-refractivity contribution in [1.29, 1.82) is 0 Å². The van der Waals surface area contributed by atoms with Crippen molar-refractivity contribution in [3.63, 3.8) is 0 Å². The van der Waals surface area contributed by atoms with Crippen LogP contribution in [0, 0.1) is 5.82 Å². The Morgan fingerprint density at radius 3 is 2.30 bits per heavy atom. The van der Waals surface area contributed by atoms with Crippen LogP contribution in [0.25, 0.3) is 0 Å². The monoisotopic (exact) mass is 454 g/mol. The topological polar surface area (TPSA) is 83.1 Å². The molecule has 2 amide bonds. The normalized spacial score (nSPS) is 19.1. The Labute approximate surface area is 192 Å². The molecule has 2 heterocycles. The SMILES string of the molecule is COC(=O)C1=C(CN2CCN(c3ccc(F)cc3)CC2)NC(=O)NC1c1ccc(OC)cc1. The van der Waals surface area contributed by atoms with E-state index in [9.17, 15) is 14.0 Å². The number of esters is 1. The lowest BCUT2D eigenvalue weighted by Crippen LogP contribution is -2.51. The number of ether oxygens (including phenoxy) is 2. The van der Waals surface area contributed by atoms with Gasteiger partial charge in [-0.1, -0.05) is 12.1 Å². The molecule has 0 aliphatic carbocycles. The Kier molecular flexibility index (Phi) is 6.79. The molecule has 2 aromatic carbocycles. The van der Waals surface area contributed by atoms with E-state index < -0.39 is 12.0 Å². The molecule has 2 N–H and O–H groups in total. The van der Waals surface area contributed by atoms with Gasteiger partial charge in [-0.3, -0.25) is 4.90 Å². The highest BCUT2D eigenvalue weighted by molar-refractivity contribution is 5.95. The third-order valence-corrected chi connectivity index (χ3v) is 5.95. The average Bonchev–Trinajstić information content (AvgIpc) is 2.84. The molecule has 1 unspecified atom stereocenters. The molecule has 2 aliphatic heterocycles. The summed E-state index contributed by atoms with van der Waals surface area (Å²) < 4.78 is 23.5. The lowest BCUT2D eigenvalue weighted by atomic mass is 9.95. The summed E-state index contributed by atoms with van der Waals surface area (Å²) in [6.07, 6.45) is 0. The second-order valence-electron chi connectivity index (χ2n) is 7.93. The molecule has 4 rings (SSSR count). The van der Waals surface area contributed by atoms with Crippen LogP contribution in [-0.2, 0) is 9.53 Å². The summed E-state index contributed by atoms with van der Waals surface area (Å²) >= 11 is 0. The lowest BCUT2D eigenvalue weighted by molar-refractivity contribution is -0.136. The first-order valence-electron chi connectivity index (χ1n) is 10.7. The number of urea groups is 1. The highest BCUT2D eigenvalue weighted by atomic mass is 19.1. The average molecular weight is 455 g/mol. The summed E-state index contributed by atoms with van der Waals surface area (Å²) in [5.41, 5.74) is 2.63. The molecule has 1 fully saturated rings. The molecule has 1 atom stereocenters. The zero-order valence-electron chi connectivity index (χ0n) is 18.6. The number of rotatable bonds is 6. The summed E-state index contributed by atoms with van der Waals surface area (Å²) in [6.45, 7) is 3.36. The summed E-state index contributed by atoms with van der Waals surface area (Å²) in [5.74, 6) is -0.0714. The van der Waals surface area contributed by atoms with Crippen LogP contribution in [-0.4, -0.2) is 63.8 Å². The molecule has 2 aliphatic rings. The van der Waals surface area contributed by atoms with E-state index in [4.69, 9.17) is 9.47 Å². The quantitative estimate of drug-likeness (QED) is 0.653. The molecular weight excluding hydrogens is 427 g/mol. The van der Waals surface area contributed by atoms with Gasteiger partial charge in [0.25, 0.3) is 0 Å². The van der Waals surface area contributed by atoms with Crippen LogP contribution in [0.3, 0.4) is 0 Å². The molecule has 0 saturated carbocycles. The van der Waals surface area contributed by atoms with E-state index in [0.29, 0.717) is 23.6 Å². The number of halogens is 1. The van der Waals surface area contributed by atoms with Gasteiger partial charge in [-0.05, 0) is 42.0 Å². The minimum atomic E-state index is -0.632.